The van der Waals surface area contributed by atoms with Gasteiger partial charge < -0.3 is 9.47 Å². The van der Waals surface area contributed by atoms with E-state index in [-0.39, 0.29) is 18.0 Å². The lowest BCUT2D eigenvalue weighted by Gasteiger charge is -2.27. The lowest BCUT2D eigenvalue weighted by atomic mass is 10.1. The summed E-state index contributed by atoms with van der Waals surface area (Å²) in [5.41, 5.74) is 2.06. The van der Waals surface area contributed by atoms with Gasteiger partial charge in [-0.05, 0) is 82.6 Å². The zero-order valence-electron chi connectivity index (χ0n) is 18.8. The van der Waals surface area contributed by atoms with Gasteiger partial charge in [0.25, 0.3) is 11.8 Å². The Labute approximate surface area is 214 Å². The topological polar surface area (TPSA) is 84.9 Å². The molecule has 1 saturated heterocycles. The Bertz CT molecular complexity index is 1370. The summed E-state index contributed by atoms with van der Waals surface area (Å²) in [5, 5.41) is 2.22. The molecule has 0 bridgehead atoms. The highest BCUT2D eigenvalue weighted by molar-refractivity contribution is 14.1. The fraction of sp³-hybridized carbons (Fsp3) is 0.115. The van der Waals surface area contributed by atoms with Crippen molar-refractivity contribution in [3.8, 4) is 11.5 Å². The molecule has 0 saturated carbocycles. The first-order valence-electron chi connectivity index (χ1n) is 10.5. The molecule has 3 aromatic carbocycles. The number of halogens is 2. The zero-order chi connectivity index (χ0) is 25.1. The third kappa shape index (κ3) is 5.19. The van der Waals surface area contributed by atoms with E-state index >= 15 is 0 Å². The number of aryl methyl sites for hydroxylation is 1. The predicted octanol–water partition coefficient (Wildman–Crippen LogP) is 4.99. The SMILES string of the molecule is COc1cc(/C=C2\C(=O)NC(=O)N(c3ccccc3C)C2=O)cc(I)c1OCc1cccc(F)c1. The van der Waals surface area contributed by atoms with Crippen LogP contribution >= 0.6 is 22.6 Å². The molecule has 0 radical (unpaired) electrons. The van der Waals surface area contributed by atoms with Gasteiger partial charge in [0.05, 0.1) is 16.4 Å². The summed E-state index contributed by atoms with van der Waals surface area (Å²) in [6, 6.07) is 15.5. The minimum atomic E-state index is -0.806. The van der Waals surface area contributed by atoms with Crippen LogP contribution in [0.1, 0.15) is 16.7 Å². The maximum Gasteiger partial charge on any atom is 0.335 e. The molecule has 178 valence electrons. The number of imide groups is 2. The minimum Gasteiger partial charge on any atom is -0.493 e. The number of urea groups is 1. The summed E-state index contributed by atoms with van der Waals surface area (Å²) in [4.78, 5) is 39.1. The van der Waals surface area contributed by atoms with E-state index in [4.69, 9.17) is 9.47 Å². The Morgan fingerprint density at radius 2 is 1.83 bits per heavy atom. The van der Waals surface area contributed by atoms with Crippen LogP contribution in [0.2, 0.25) is 0 Å². The number of anilines is 1. The van der Waals surface area contributed by atoms with Crippen LogP contribution in [0.15, 0.2) is 66.2 Å². The molecule has 35 heavy (non-hydrogen) atoms. The fourth-order valence-electron chi connectivity index (χ4n) is 3.60. The van der Waals surface area contributed by atoms with Crippen LogP contribution in [-0.2, 0) is 16.2 Å². The first-order valence-corrected chi connectivity index (χ1v) is 11.6. The Morgan fingerprint density at radius 1 is 1.06 bits per heavy atom. The molecule has 1 heterocycles. The zero-order valence-corrected chi connectivity index (χ0v) is 21.0. The molecule has 0 aromatic heterocycles. The molecule has 4 rings (SSSR count). The largest absolute Gasteiger partial charge is 0.493 e. The Hall–Kier alpha value is -3.73. The van der Waals surface area contributed by atoms with Crippen molar-refractivity contribution in [3.05, 3.63) is 92.3 Å². The normalized spacial score (nSPS) is 14.8. The molecule has 4 amide bonds. The van der Waals surface area contributed by atoms with E-state index in [0.29, 0.717) is 37.4 Å². The van der Waals surface area contributed by atoms with Crippen LogP contribution in [-0.4, -0.2) is 25.0 Å². The number of para-hydroxylation sites is 1. The van der Waals surface area contributed by atoms with Gasteiger partial charge in [0, 0.05) is 0 Å². The molecule has 1 aliphatic heterocycles. The number of amides is 4. The number of ether oxygens (including phenoxy) is 2. The first-order chi connectivity index (χ1) is 16.8. The molecule has 7 nitrogen and oxygen atoms in total. The number of benzene rings is 3. The van der Waals surface area contributed by atoms with Crippen LogP contribution in [0.5, 0.6) is 11.5 Å². The van der Waals surface area contributed by atoms with Crippen molar-refractivity contribution in [3.63, 3.8) is 0 Å². The number of barbiturate groups is 1. The van der Waals surface area contributed by atoms with Gasteiger partial charge in [0.15, 0.2) is 11.5 Å². The predicted molar refractivity (Wildman–Crippen MR) is 137 cm³/mol. The van der Waals surface area contributed by atoms with E-state index in [9.17, 15) is 18.8 Å². The van der Waals surface area contributed by atoms with Crippen molar-refractivity contribution < 1.29 is 28.2 Å². The lowest BCUT2D eigenvalue weighted by molar-refractivity contribution is -0.122. The average molecular weight is 586 g/mol. The summed E-state index contributed by atoms with van der Waals surface area (Å²) < 4.78 is 25.5. The number of nitrogens with one attached hydrogen (secondary N) is 1. The summed E-state index contributed by atoms with van der Waals surface area (Å²) in [6.45, 7) is 1.89. The van der Waals surface area contributed by atoms with Crippen LogP contribution in [0, 0.1) is 16.3 Å². The summed E-state index contributed by atoms with van der Waals surface area (Å²) in [7, 11) is 1.47. The molecule has 1 aliphatic rings. The van der Waals surface area contributed by atoms with Gasteiger partial charge >= 0.3 is 6.03 Å². The quantitative estimate of drug-likeness (QED) is 0.250. The number of hydrogen-bond donors (Lipinski definition) is 1. The molecule has 3 aromatic rings. The second-order valence-corrected chi connectivity index (χ2v) is 8.86. The van der Waals surface area contributed by atoms with E-state index in [1.165, 1.54) is 25.3 Å². The van der Waals surface area contributed by atoms with E-state index in [2.05, 4.69) is 27.9 Å². The van der Waals surface area contributed by atoms with E-state index in [1.807, 2.05) is 0 Å². The molecule has 1 N–H and O–H groups in total. The lowest BCUT2D eigenvalue weighted by Crippen LogP contribution is -2.54. The maximum atomic E-state index is 13.5. The van der Waals surface area contributed by atoms with Crippen molar-refractivity contribution in [1.82, 2.24) is 5.32 Å². The molecule has 9 heteroatoms. The molecule has 0 spiro atoms. The summed E-state index contributed by atoms with van der Waals surface area (Å²) in [6.07, 6.45) is 1.40. The van der Waals surface area contributed by atoms with Gasteiger partial charge in [0.1, 0.15) is 18.0 Å². The number of methoxy groups -OCH3 is 1. The highest BCUT2D eigenvalue weighted by atomic mass is 127. The Kier molecular flexibility index (Phi) is 7.15. The van der Waals surface area contributed by atoms with Gasteiger partial charge in [-0.25, -0.2) is 14.1 Å². The smallest absolute Gasteiger partial charge is 0.335 e. The van der Waals surface area contributed by atoms with E-state index < -0.39 is 17.8 Å². The third-order valence-corrected chi connectivity index (χ3v) is 6.09. The van der Waals surface area contributed by atoms with E-state index in [0.717, 1.165) is 4.90 Å². The van der Waals surface area contributed by atoms with Crippen LogP contribution < -0.4 is 19.7 Å². The molecule has 0 aliphatic carbocycles. The molecular weight excluding hydrogens is 566 g/mol. The minimum absolute atomic E-state index is 0.124. The number of hydrogen-bond acceptors (Lipinski definition) is 5. The molecular formula is C26H20FIN2O5. The van der Waals surface area contributed by atoms with E-state index in [1.54, 1.807) is 55.5 Å². The number of carbonyl (C=O) groups excluding carboxylic acids is 3. The van der Waals surface area contributed by atoms with Crippen LogP contribution in [0.3, 0.4) is 0 Å². The standard InChI is InChI=1S/C26H20FIN2O5/c1-15-6-3-4-9-21(15)30-25(32)19(24(31)29-26(30)33)11-17-12-20(28)23(22(13-17)34-2)35-14-16-7-5-8-18(27)10-16/h3-13H,14H2,1-2H3,(H,29,31,33)/b19-11+. The van der Waals surface area contributed by atoms with Gasteiger partial charge in [-0.1, -0.05) is 30.3 Å². The summed E-state index contributed by atoms with van der Waals surface area (Å²) in [5.74, 6) is -1.06. The van der Waals surface area contributed by atoms with Crippen LogP contribution in [0.25, 0.3) is 6.08 Å². The van der Waals surface area contributed by atoms with Crippen molar-refractivity contribution in [2.45, 2.75) is 13.5 Å². The number of carbonyl (C=O) groups is 3. The molecule has 1 fully saturated rings. The monoisotopic (exact) mass is 586 g/mol. The Morgan fingerprint density at radius 3 is 2.54 bits per heavy atom. The van der Waals surface area contributed by atoms with Gasteiger partial charge in [-0.3, -0.25) is 14.9 Å². The number of rotatable bonds is 6. The van der Waals surface area contributed by atoms with Gasteiger partial charge in [-0.2, -0.15) is 0 Å². The average Bonchev–Trinajstić information content (AvgIpc) is 2.82. The fourth-order valence-corrected chi connectivity index (χ4v) is 4.38. The van der Waals surface area contributed by atoms with Crippen molar-refractivity contribution in [2.24, 2.45) is 0 Å². The van der Waals surface area contributed by atoms with Crippen molar-refractivity contribution in [2.75, 3.05) is 12.0 Å². The molecule has 0 atom stereocenters. The highest BCUT2D eigenvalue weighted by Gasteiger charge is 2.37. The molecule has 0 unspecified atom stereocenters. The van der Waals surface area contributed by atoms with Gasteiger partial charge in [-0.15, -0.1) is 0 Å². The van der Waals surface area contributed by atoms with Crippen molar-refractivity contribution >= 4 is 52.2 Å². The summed E-state index contributed by atoms with van der Waals surface area (Å²) >= 11 is 2.05. The highest BCUT2D eigenvalue weighted by Crippen LogP contribution is 2.35. The second-order valence-electron chi connectivity index (χ2n) is 7.70. The Balaban J connectivity index is 1.65. The first kappa shape index (κ1) is 24.4. The van der Waals surface area contributed by atoms with Gasteiger partial charge in [0.2, 0.25) is 0 Å². The second kappa shape index (κ2) is 10.3. The van der Waals surface area contributed by atoms with Crippen LogP contribution in [0.4, 0.5) is 14.9 Å². The maximum absolute atomic E-state index is 13.5. The van der Waals surface area contributed by atoms with Crippen molar-refractivity contribution in [1.29, 1.82) is 0 Å². The number of nitrogens with zero attached hydrogens (tertiary/aromatic N) is 1. The third-order valence-electron chi connectivity index (χ3n) is 5.29.